The number of aryl methyl sites for hydroxylation is 3. The standard InChI is InChI=1S/C21H26O5.C20H32O5.C18H28O5/c1-15(2)8-10-19(11-9-16-6-4-3-5-7-16)25-21(24)26-20-13-17(22)12-18(23)14-20;1-16(2)9-11-18(12-10-17-7-5-4-6-8-17)25-19(23)24-15-20(3,13-21)14-22;1-14(2)8-10-16(11-9-15-6-4-3-5-7-15)22-18(21)23-17(12-19)13-20/h3-7,12-15,19,22-23H,8-11H2,1-2H3;4-8,16,18,21-22H,9-15H2,1-3H3;3-7,14,16-17,19-20H,8-13H2,1-2H3/t;18-;/m.1./s1. The molecule has 3 atom stereocenters. The van der Waals surface area contributed by atoms with Gasteiger partial charge >= 0.3 is 18.5 Å². The van der Waals surface area contributed by atoms with Crippen LogP contribution in [0, 0.1) is 23.2 Å². The van der Waals surface area contributed by atoms with Crippen molar-refractivity contribution >= 4 is 18.5 Å². The second kappa shape index (κ2) is 37.0. The monoisotopic (exact) mass is 1030 g/mol. The molecule has 0 fully saturated rings. The lowest BCUT2D eigenvalue weighted by Crippen LogP contribution is -2.33. The Labute approximate surface area is 439 Å². The van der Waals surface area contributed by atoms with Gasteiger partial charge in [0.1, 0.15) is 42.2 Å². The van der Waals surface area contributed by atoms with Gasteiger partial charge in [-0.1, -0.05) is 139 Å². The predicted molar refractivity (Wildman–Crippen MR) is 285 cm³/mol. The first-order chi connectivity index (χ1) is 35.3. The van der Waals surface area contributed by atoms with Crippen LogP contribution in [0.1, 0.15) is 123 Å². The number of carbonyl (C=O) groups excluding carboxylic acids is 3. The average Bonchev–Trinajstić information content (AvgIpc) is 3.38. The third-order valence-electron chi connectivity index (χ3n) is 11.8. The van der Waals surface area contributed by atoms with Crippen LogP contribution in [0.5, 0.6) is 17.2 Å². The highest BCUT2D eigenvalue weighted by Gasteiger charge is 2.26. The zero-order valence-corrected chi connectivity index (χ0v) is 44.8. The highest BCUT2D eigenvalue weighted by molar-refractivity contribution is 5.64. The number of aromatic hydroxyl groups is 2. The Kier molecular flexibility index (Phi) is 32.1. The van der Waals surface area contributed by atoms with Crippen LogP contribution < -0.4 is 4.74 Å². The zero-order valence-electron chi connectivity index (χ0n) is 44.8. The van der Waals surface area contributed by atoms with Crippen LogP contribution in [0.25, 0.3) is 0 Å². The molecule has 0 bridgehead atoms. The summed E-state index contributed by atoms with van der Waals surface area (Å²) in [6.07, 6.45) is 5.77. The summed E-state index contributed by atoms with van der Waals surface area (Å²) in [4.78, 5) is 35.8. The number of aliphatic hydroxyl groups is 4. The number of hydrogen-bond acceptors (Lipinski definition) is 15. The third kappa shape index (κ3) is 30.4. The molecule has 0 amide bonds. The number of phenols is 2. The lowest BCUT2D eigenvalue weighted by Gasteiger charge is -2.24. The molecule has 0 heterocycles. The molecular weight excluding hydrogens is 949 g/mol. The van der Waals surface area contributed by atoms with E-state index in [4.69, 9.17) is 38.6 Å². The van der Waals surface area contributed by atoms with Gasteiger partial charge < -0.3 is 59.1 Å². The first kappa shape index (κ1) is 64.2. The molecule has 2 unspecified atom stereocenters. The molecule has 4 aromatic rings. The van der Waals surface area contributed by atoms with Gasteiger partial charge in [0.15, 0.2) is 6.10 Å². The molecule has 4 rings (SSSR count). The van der Waals surface area contributed by atoms with Gasteiger partial charge in [0.05, 0.1) is 26.4 Å². The summed E-state index contributed by atoms with van der Waals surface area (Å²) < 4.78 is 31.4. The molecule has 0 aliphatic carbocycles. The van der Waals surface area contributed by atoms with E-state index in [9.17, 15) is 34.8 Å². The Morgan fingerprint density at radius 2 is 0.784 bits per heavy atom. The van der Waals surface area contributed by atoms with E-state index in [0.717, 1.165) is 76.7 Å². The summed E-state index contributed by atoms with van der Waals surface area (Å²) >= 11 is 0. The minimum Gasteiger partial charge on any atom is -0.508 e. The second-order valence-electron chi connectivity index (χ2n) is 20.3. The van der Waals surface area contributed by atoms with Gasteiger partial charge in [-0.3, -0.25) is 0 Å². The van der Waals surface area contributed by atoms with Gasteiger partial charge in [-0.2, -0.15) is 0 Å². The van der Waals surface area contributed by atoms with Crippen molar-refractivity contribution in [1.82, 2.24) is 0 Å². The minimum atomic E-state index is -0.928. The lowest BCUT2D eigenvalue weighted by atomic mass is 9.95. The van der Waals surface area contributed by atoms with Crippen molar-refractivity contribution < 1.29 is 73.4 Å². The highest BCUT2D eigenvalue weighted by atomic mass is 16.7. The predicted octanol–water partition coefficient (Wildman–Crippen LogP) is 11.5. The van der Waals surface area contributed by atoms with Gasteiger partial charge in [-0.05, 0) is 111 Å². The lowest BCUT2D eigenvalue weighted by molar-refractivity contribution is -0.0369. The Morgan fingerprint density at radius 1 is 0.446 bits per heavy atom. The second-order valence-corrected chi connectivity index (χ2v) is 20.3. The fourth-order valence-electron chi connectivity index (χ4n) is 7.12. The Morgan fingerprint density at radius 3 is 1.12 bits per heavy atom. The quantitative estimate of drug-likeness (QED) is 0.0169. The van der Waals surface area contributed by atoms with Crippen molar-refractivity contribution in [2.45, 2.75) is 150 Å². The molecule has 15 heteroatoms. The Bertz CT molecular complexity index is 2050. The van der Waals surface area contributed by atoms with Gasteiger partial charge in [0.25, 0.3) is 0 Å². The minimum absolute atomic E-state index is 0.0400. The van der Waals surface area contributed by atoms with Crippen molar-refractivity contribution in [3.63, 3.8) is 0 Å². The summed E-state index contributed by atoms with van der Waals surface area (Å²) in [6.45, 7) is 13.0. The molecule has 0 spiro atoms. The summed E-state index contributed by atoms with van der Waals surface area (Å²) in [5.74, 6) is 1.24. The van der Waals surface area contributed by atoms with E-state index in [0.29, 0.717) is 24.2 Å². The van der Waals surface area contributed by atoms with Crippen LogP contribution >= 0.6 is 0 Å². The first-order valence-electron chi connectivity index (χ1n) is 26.0. The number of benzene rings is 4. The number of phenolic OH excluding ortho intramolecular Hbond substituents is 2. The maximum absolute atomic E-state index is 12.1. The molecule has 412 valence electrons. The molecular formula is C59H86O15. The van der Waals surface area contributed by atoms with Crippen LogP contribution in [0.2, 0.25) is 0 Å². The van der Waals surface area contributed by atoms with E-state index in [-0.39, 0.29) is 55.4 Å². The fourth-order valence-corrected chi connectivity index (χ4v) is 7.12. The average molecular weight is 1040 g/mol. The summed E-state index contributed by atoms with van der Waals surface area (Å²) in [5.41, 5.74) is 2.75. The Hall–Kier alpha value is -5.87. The van der Waals surface area contributed by atoms with E-state index in [1.807, 2.05) is 78.9 Å². The van der Waals surface area contributed by atoms with Crippen molar-refractivity contribution in [3.05, 3.63) is 126 Å². The van der Waals surface area contributed by atoms with E-state index >= 15 is 0 Å². The number of ether oxygens (including phenoxy) is 6. The summed E-state index contributed by atoms with van der Waals surface area (Å²) in [7, 11) is 0. The van der Waals surface area contributed by atoms with E-state index in [2.05, 4.69) is 53.7 Å². The number of hydrogen-bond donors (Lipinski definition) is 6. The van der Waals surface area contributed by atoms with Crippen LogP contribution in [-0.4, -0.2) is 107 Å². The smallest absolute Gasteiger partial charge is 0.508 e. The van der Waals surface area contributed by atoms with Crippen LogP contribution in [0.3, 0.4) is 0 Å². The maximum Gasteiger partial charge on any atom is 0.514 e. The molecule has 74 heavy (non-hydrogen) atoms. The molecule has 0 saturated carbocycles. The molecule has 0 radical (unpaired) electrons. The van der Waals surface area contributed by atoms with Gasteiger partial charge in [-0.15, -0.1) is 0 Å². The molecule has 4 aromatic carbocycles. The Balaban J connectivity index is 0.000000381. The molecule has 6 N–H and O–H groups in total. The largest absolute Gasteiger partial charge is 0.514 e. The van der Waals surface area contributed by atoms with E-state index in [1.165, 1.54) is 28.8 Å². The van der Waals surface area contributed by atoms with Crippen LogP contribution in [0.4, 0.5) is 14.4 Å². The number of carbonyl (C=O) groups is 3. The highest BCUT2D eigenvalue weighted by Crippen LogP contribution is 2.27. The molecule has 0 aromatic heterocycles. The number of rotatable bonds is 29. The van der Waals surface area contributed by atoms with Crippen molar-refractivity contribution in [1.29, 1.82) is 0 Å². The van der Waals surface area contributed by atoms with Crippen molar-refractivity contribution in [3.8, 4) is 17.2 Å². The zero-order chi connectivity index (χ0) is 54.7. The number of aliphatic hydroxyl groups excluding tert-OH is 4. The van der Waals surface area contributed by atoms with Crippen molar-refractivity contribution in [2.24, 2.45) is 23.2 Å². The van der Waals surface area contributed by atoms with Gasteiger partial charge in [0.2, 0.25) is 0 Å². The molecule has 15 nitrogen and oxygen atoms in total. The summed E-state index contributed by atoms with van der Waals surface area (Å²) in [5, 5.41) is 55.3. The summed E-state index contributed by atoms with van der Waals surface area (Å²) in [6, 6.07) is 33.8. The van der Waals surface area contributed by atoms with Crippen LogP contribution in [0.15, 0.2) is 109 Å². The SMILES string of the molecule is CC(C)CCC(CCc1ccccc1)OC(=O)OC(CO)CO.CC(C)CCC(CCc1ccccc1)OC(=O)Oc1cc(O)cc(O)c1.CC(C)CC[C@H](CCc1ccccc1)OC(=O)OCC(C)(CO)CO. The molecule has 0 saturated heterocycles. The van der Waals surface area contributed by atoms with Crippen molar-refractivity contribution in [2.75, 3.05) is 33.0 Å². The third-order valence-corrected chi connectivity index (χ3v) is 11.8. The topological polar surface area (TPSA) is 228 Å². The van der Waals surface area contributed by atoms with Gasteiger partial charge in [0, 0.05) is 23.6 Å². The normalized spacial score (nSPS) is 12.4. The molecule has 0 aliphatic rings. The van der Waals surface area contributed by atoms with E-state index in [1.54, 1.807) is 6.92 Å². The maximum atomic E-state index is 12.1. The van der Waals surface area contributed by atoms with Crippen LogP contribution in [-0.2, 0) is 42.9 Å². The fraction of sp³-hybridized carbons (Fsp3) is 0.542. The first-order valence-corrected chi connectivity index (χ1v) is 26.0. The van der Waals surface area contributed by atoms with Gasteiger partial charge in [-0.25, -0.2) is 14.4 Å². The molecule has 0 aliphatic heterocycles. The van der Waals surface area contributed by atoms with E-state index < -0.39 is 43.2 Å².